The standard InChI is InChI=1S/C14H19NO5/c1-10(16)15-13(14(17)19-3)9-20-8-11-5-4-6-12(7-11)18-2/h4-7,13H,8-9H2,1-3H3,(H,15,16). The molecule has 0 aliphatic carbocycles. The molecule has 0 aromatic heterocycles. The van der Waals surface area contributed by atoms with Crippen LogP contribution in [-0.2, 0) is 25.7 Å². The lowest BCUT2D eigenvalue weighted by Crippen LogP contribution is -2.43. The van der Waals surface area contributed by atoms with Crippen LogP contribution in [0.3, 0.4) is 0 Å². The van der Waals surface area contributed by atoms with Gasteiger partial charge in [-0.2, -0.15) is 0 Å². The Bertz CT molecular complexity index is 461. The van der Waals surface area contributed by atoms with Gasteiger partial charge in [0, 0.05) is 6.92 Å². The van der Waals surface area contributed by atoms with E-state index in [0.29, 0.717) is 6.61 Å². The van der Waals surface area contributed by atoms with Crippen LogP contribution in [0.15, 0.2) is 24.3 Å². The molecule has 6 nitrogen and oxygen atoms in total. The molecule has 0 heterocycles. The number of nitrogens with one attached hydrogen (secondary N) is 1. The molecular formula is C14H19NO5. The molecule has 1 amide bonds. The van der Waals surface area contributed by atoms with Crippen LogP contribution in [0.5, 0.6) is 5.75 Å². The van der Waals surface area contributed by atoms with Gasteiger partial charge in [0.15, 0.2) is 6.04 Å². The van der Waals surface area contributed by atoms with Crippen molar-refractivity contribution in [1.82, 2.24) is 5.32 Å². The van der Waals surface area contributed by atoms with Crippen molar-refractivity contribution < 1.29 is 23.8 Å². The monoisotopic (exact) mass is 281 g/mol. The summed E-state index contributed by atoms with van der Waals surface area (Å²) in [4.78, 5) is 22.5. The van der Waals surface area contributed by atoms with E-state index in [2.05, 4.69) is 10.1 Å². The first-order valence-electron chi connectivity index (χ1n) is 6.12. The van der Waals surface area contributed by atoms with Gasteiger partial charge >= 0.3 is 5.97 Å². The summed E-state index contributed by atoms with van der Waals surface area (Å²) in [6, 6.07) is 6.60. The van der Waals surface area contributed by atoms with Gasteiger partial charge in [-0.25, -0.2) is 4.79 Å². The zero-order chi connectivity index (χ0) is 15.0. The van der Waals surface area contributed by atoms with Crippen LogP contribution in [0.1, 0.15) is 12.5 Å². The van der Waals surface area contributed by atoms with E-state index >= 15 is 0 Å². The molecule has 110 valence electrons. The van der Waals surface area contributed by atoms with E-state index in [-0.39, 0.29) is 12.5 Å². The summed E-state index contributed by atoms with van der Waals surface area (Å²) < 4.78 is 15.1. The molecule has 0 saturated carbocycles. The summed E-state index contributed by atoms with van der Waals surface area (Å²) in [6.07, 6.45) is 0. The zero-order valence-corrected chi connectivity index (χ0v) is 11.8. The molecule has 0 bridgehead atoms. The quantitative estimate of drug-likeness (QED) is 0.751. The molecule has 1 aromatic rings. The minimum absolute atomic E-state index is 0.0451. The van der Waals surface area contributed by atoms with Crippen LogP contribution in [0.25, 0.3) is 0 Å². The van der Waals surface area contributed by atoms with E-state index in [4.69, 9.17) is 9.47 Å². The number of ether oxygens (including phenoxy) is 3. The maximum Gasteiger partial charge on any atom is 0.330 e. The number of hydrogen-bond donors (Lipinski definition) is 1. The molecule has 1 aromatic carbocycles. The number of hydrogen-bond acceptors (Lipinski definition) is 5. The second-order valence-electron chi connectivity index (χ2n) is 4.14. The fourth-order valence-corrected chi connectivity index (χ4v) is 1.61. The van der Waals surface area contributed by atoms with E-state index in [0.717, 1.165) is 11.3 Å². The average Bonchev–Trinajstić information content (AvgIpc) is 2.45. The van der Waals surface area contributed by atoms with Gasteiger partial charge in [0.2, 0.25) is 5.91 Å². The van der Waals surface area contributed by atoms with Gasteiger partial charge in [-0.15, -0.1) is 0 Å². The average molecular weight is 281 g/mol. The predicted octanol–water partition coefficient (Wildman–Crippen LogP) is 0.889. The number of esters is 1. The molecule has 6 heteroatoms. The Hall–Kier alpha value is -2.08. The Morgan fingerprint density at radius 1 is 1.30 bits per heavy atom. The minimum Gasteiger partial charge on any atom is -0.497 e. The molecule has 0 radical (unpaired) electrons. The van der Waals surface area contributed by atoms with Gasteiger partial charge in [-0.1, -0.05) is 12.1 Å². The number of carbonyl (C=O) groups is 2. The predicted molar refractivity (Wildman–Crippen MR) is 72.3 cm³/mol. The maximum absolute atomic E-state index is 11.5. The normalized spacial score (nSPS) is 11.6. The molecule has 1 unspecified atom stereocenters. The van der Waals surface area contributed by atoms with Crippen molar-refractivity contribution in [3.8, 4) is 5.75 Å². The van der Waals surface area contributed by atoms with Crippen molar-refractivity contribution in [3.63, 3.8) is 0 Å². The van der Waals surface area contributed by atoms with Crippen molar-refractivity contribution in [3.05, 3.63) is 29.8 Å². The number of carbonyl (C=O) groups excluding carboxylic acids is 2. The third-order valence-corrected chi connectivity index (χ3v) is 2.55. The van der Waals surface area contributed by atoms with Crippen molar-refractivity contribution in [2.24, 2.45) is 0 Å². The van der Waals surface area contributed by atoms with Crippen molar-refractivity contribution in [2.75, 3.05) is 20.8 Å². The SMILES string of the molecule is COC(=O)C(COCc1cccc(OC)c1)NC(C)=O. The summed E-state index contributed by atoms with van der Waals surface area (Å²) in [5, 5.41) is 2.48. The van der Waals surface area contributed by atoms with Gasteiger partial charge in [0.05, 0.1) is 27.4 Å². The first kappa shape index (κ1) is 16.0. The van der Waals surface area contributed by atoms with Gasteiger partial charge in [-0.05, 0) is 17.7 Å². The summed E-state index contributed by atoms with van der Waals surface area (Å²) >= 11 is 0. The molecule has 20 heavy (non-hydrogen) atoms. The van der Waals surface area contributed by atoms with Crippen LogP contribution in [-0.4, -0.2) is 38.7 Å². The molecule has 1 atom stereocenters. The molecule has 0 spiro atoms. The Balaban J connectivity index is 2.50. The van der Waals surface area contributed by atoms with Gasteiger partial charge in [-0.3, -0.25) is 4.79 Å². The third kappa shape index (κ3) is 5.27. The van der Waals surface area contributed by atoms with E-state index < -0.39 is 12.0 Å². The highest BCUT2D eigenvalue weighted by molar-refractivity contribution is 5.83. The highest BCUT2D eigenvalue weighted by atomic mass is 16.5. The second kappa shape index (κ2) is 8.16. The molecule has 0 aliphatic heterocycles. The molecule has 1 N–H and O–H groups in total. The molecule has 0 aliphatic rings. The second-order valence-corrected chi connectivity index (χ2v) is 4.14. The molecule has 0 fully saturated rings. The van der Waals surface area contributed by atoms with Crippen LogP contribution >= 0.6 is 0 Å². The fraction of sp³-hybridized carbons (Fsp3) is 0.429. The first-order valence-corrected chi connectivity index (χ1v) is 6.12. The van der Waals surface area contributed by atoms with E-state index in [1.165, 1.54) is 14.0 Å². The smallest absolute Gasteiger partial charge is 0.330 e. The van der Waals surface area contributed by atoms with Gasteiger partial charge in [0.25, 0.3) is 0 Å². The van der Waals surface area contributed by atoms with Crippen molar-refractivity contribution in [2.45, 2.75) is 19.6 Å². The molecular weight excluding hydrogens is 262 g/mol. The summed E-state index contributed by atoms with van der Waals surface area (Å²) in [7, 11) is 2.85. The van der Waals surface area contributed by atoms with Gasteiger partial charge in [0.1, 0.15) is 5.75 Å². The lowest BCUT2D eigenvalue weighted by Gasteiger charge is -2.15. The van der Waals surface area contributed by atoms with Crippen molar-refractivity contribution in [1.29, 1.82) is 0 Å². The van der Waals surface area contributed by atoms with E-state index in [9.17, 15) is 9.59 Å². The summed E-state index contributed by atoms with van der Waals surface area (Å²) in [5.74, 6) is -0.117. The lowest BCUT2D eigenvalue weighted by atomic mass is 10.2. The topological polar surface area (TPSA) is 73.9 Å². The number of amides is 1. The van der Waals surface area contributed by atoms with Crippen LogP contribution in [0.4, 0.5) is 0 Å². The number of methoxy groups -OCH3 is 2. The van der Waals surface area contributed by atoms with Crippen molar-refractivity contribution >= 4 is 11.9 Å². The highest BCUT2D eigenvalue weighted by Gasteiger charge is 2.20. The van der Waals surface area contributed by atoms with Crippen LogP contribution < -0.4 is 10.1 Å². The Kier molecular flexibility index (Phi) is 6.52. The third-order valence-electron chi connectivity index (χ3n) is 2.55. The fourth-order valence-electron chi connectivity index (χ4n) is 1.61. The highest BCUT2D eigenvalue weighted by Crippen LogP contribution is 2.13. The number of benzene rings is 1. The Labute approximate surface area is 118 Å². The maximum atomic E-state index is 11.5. The summed E-state index contributed by atoms with van der Waals surface area (Å²) in [5.41, 5.74) is 0.913. The zero-order valence-electron chi connectivity index (χ0n) is 11.8. The van der Waals surface area contributed by atoms with Crippen LogP contribution in [0, 0.1) is 0 Å². The minimum atomic E-state index is -0.803. The van der Waals surface area contributed by atoms with Gasteiger partial charge < -0.3 is 19.5 Å². The Morgan fingerprint density at radius 2 is 2.05 bits per heavy atom. The van der Waals surface area contributed by atoms with E-state index in [1.807, 2.05) is 24.3 Å². The summed E-state index contributed by atoms with van der Waals surface area (Å²) in [6.45, 7) is 1.69. The largest absolute Gasteiger partial charge is 0.497 e. The molecule has 1 rings (SSSR count). The Morgan fingerprint density at radius 3 is 2.65 bits per heavy atom. The van der Waals surface area contributed by atoms with E-state index in [1.54, 1.807) is 7.11 Å². The number of rotatable bonds is 7. The first-order chi connectivity index (χ1) is 9.56. The molecule has 0 saturated heterocycles. The lowest BCUT2D eigenvalue weighted by molar-refractivity contribution is -0.146. The van der Waals surface area contributed by atoms with Crippen LogP contribution in [0.2, 0.25) is 0 Å².